The number of nitrogens with zero attached hydrogens (tertiary/aromatic N) is 3. The highest BCUT2D eigenvalue weighted by atomic mass is 79.9. The van der Waals surface area contributed by atoms with Crippen LogP contribution in [0.2, 0.25) is 5.02 Å². The molecule has 2 heterocycles. The number of piperazine rings is 1. The first-order chi connectivity index (χ1) is 16.9. The van der Waals surface area contributed by atoms with Gasteiger partial charge in [-0.3, -0.25) is 14.4 Å². The number of carbonyl (C=O) groups is 3. The number of amides is 3. The van der Waals surface area contributed by atoms with Crippen LogP contribution in [0.1, 0.15) is 24.0 Å². The first-order valence-electron chi connectivity index (χ1n) is 11.6. The fraction of sp³-hybridized carbons (Fsp3) is 0.400. The number of hydrogen-bond donors (Lipinski definition) is 1. The molecule has 2 aliphatic heterocycles. The van der Waals surface area contributed by atoms with Gasteiger partial charge in [-0.1, -0.05) is 39.7 Å². The Bertz CT molecular complexity index is 1150. The molecule has 35 heavy (non-hydrogen) atoms. The van der Waals surface area contributed by atoms with E-state index in [2.05, 4.69) is 25.6 Å². The zero-order valence-electron chi connectivity index (χ0n) is 19.2. The van der Waals surface area contributed by atoms with Crippen LogP contribution in [0.25, 0.3) is 0 Å². The third kappa shape index (κ3) is 5.09. The SMILES string of the molecule is Cc1cc(Cl)ccc1SN1CC(NC=O)C(=O)N2C(Cc3ccc(Br)cc3)C(=O)N(C3CC3)CC12. The Balaban J connectivity index is 1.51. The van der Waals surface area contributed by atoms with Gasteiger partial charge in [0.15, 0.2) is 0 Å². The van der Waals surface area contributed by atoms with Gasteiger partial charge in [-0.25, -0.2) is 4.31 Å². The van der Waals surface area contributed by atoms with E-state index in [4.69, 9.17) is 11.6 Å². The number of halogens is 2. The van der Waals surface area contributed by atoms with Crippen molar-refractivity contribution in [3.8, 4) is 0 Å². The number of nitrogens with one attached hydrogen (secondary N) is 1. The third-order valence-corrected chi connectivity index (χ3v) is 8.83. The molecule has 3 atom stereocenters. The lowest BCUT2D eigenvalue weighted by molar-refractivity contribution is -0.167. The second-order valence-electron chi connectivity index (χ2n) is 9.23. The highest BCUT2D eigenvalue weighted by molar-refractivity contribution is 9.10. The molecule has 1 N–H and O–H groups in total. The molecule has 0 aromatic heterocycles. The Morgan fingerprint density at radius 1 is 1.11 bits per heavy atom. The van der Waals surface area contributed by atoms with Crippen molar-refractivity contribution in [3.63, 3.8) is 0 Å². The zero-order valence-corrected chi connectivity index (χ0v) is 22.4. The second kappa shape index (κ2) is 10.1. The fourth-order valence-corrected chi connectivity index (χ4v) is 6.44. The second-order valence-corrected chi connectivity index (χ2v) is 11.7. The largest absolute Gasteiger partial charge is 0.346 e. The molecule has 1 saturated carbocycles. The minimum Gasteiger partial charge on any atom is -0.346 e. The molecule has 2 saturated heterocycles. The molecule has 10 heteroatoms. The van der Waals surface area contributed by atoms with Gasteiger partial charge < -0.3 is 15.1 Å². The zero-order chi connectivity index (χ0) is 24.7. The van der Waals surface area contributed by atoms with Crippen LogP contribution in [0, 0.1) is 6.92 Å². The van der Waals surface area contributed by atoms with Crippen molar-refractivity contribution in [2.75, 3.05) is 13.1 Å². The molecule has 0 radical (unpaired) electrons. The Hall–Kier alpha value is -2.07. The predicted octanol–water partition coefficient (Wildman–Crippen LogP) is 3.62. The maximum Gasteiger partial charge on any atom is 0.248 e. The lowest BCUT2D eigenvalue weighted by Gasteiger charge is -2.53. The average Bonchev–Trinajstić information content (AvgIpc) is 3.66. The van der Waals surface area contributed by atoms with E-state index in [-0.39, 0.29) is 24.0 Å². The molecule has 7 nitrogen and oxygen atoms in total. The van der Waals surface area contributed by atoms with Crippen LogP contribution < -0.4 is 5.32 Å². The van der Waals surface area contributed by atoms with E-state index in [0.717, 1.165) is 33.3 Å². The molecule has 0 spiro atoms. The first kappa shape index (κ1) is 24.6. The summed E-state index contributed by atoms with van der Waals surface area (Å²) in [6.07, 6.45) is 2.67. The molecular weight excluding hydrogens is 552 g/mol. The quantitative estimate of drug-likeness (QED) is 0.402. The number of carbonyl (C=O) groups excluding carboxylic acids is 3. The van der Waals surface area contributed by atoms with Crippen molar-refractivity contribution < 1.29 is 14.4 Å². The van der Waals surface area contributed by atoms with Gasteiger partial charge in [0, 0.05) is 33.4 Å². The van der Waals surface area contributed by atoms with Crippen LogP contribution in [0.3, 0.4) is 0 Å². The van der Waals surface area contributed by atoms with Crippen LogP contribution >= 0.6 is 39.5 Å². The Morgan fingerprint density at radius 3 is 2.51 bits per heavy atom. The summed E-state index contributed by atoms with van der Waals surface area (Å²) in [7, 11) is 0. The van der Waals surface area contributed by atoms with E-state index < -0.39 is 12.1 Å². The molecular formula is C25H26BrClN4O3S. The van der Waals surface area contributed by atoms with Crippen molar-refractivity contribution in [1.29, 1.82) is 0 Å². The van der Waals surface area contributed by atoms with Gasteiger partial charge >= 0.3 is 0 Å². The summed E-state index contributed by atoms with van der Waals surface area (Å²) < 4.78 is 3.09. The summed E-state index contributed by atoms with van der Waals surface area (Å²) >= 11 is 11.2. The van der Waals surface area contributed by atoms with E-state index in [9.17, 15) is 14.4 Å². The average molecular weight is 578 g/mol. The fourth-order valence-electron chi connectivity index (χ4n) is 4.85. The molecule has 3 unspecified atom stereocenters. The van der Waals surface area contributed by atoms with Crippen molar-refractivity contribution >= 4 is 57.7 Å². The molecule has 3 fully saturated rings. The molecule has 1 aliphatic carbocycles. The Labute approximate surface area is 222 Å². The first-order valence-corrected chi connectivity index (χ1v) is 13.6. The number of aryl methyl sites for hydroxylation is 1. The highest BCUT2D eigenvalue weighted by Gasteiger charge is 2.53. The molecule has 3 aliphatic rings. The summed E-state index contributed by atoms with van der Waals surface area (Å²) in [5.41, 5.74) is 2.01. The van der Waals surface area contributed by atoms with Gasteiger partial charge in [0.05, 0.1) is 6.54 Å². The molecule has 5 rings (SSSR count). The number of fused-ring (bicyclic) bond motifs is 1. The highest BCUT2D eigenvalue weighted by Crippen LogP contribution is 2.39. The van der Waals surface area contributed by atoms with Crippen LogP contribution in [0.5, 0.6) is 0 Å². The van der Waals surface area contributed by atoms with Crippen molar-refractivity contribution in [3.05, 3.63) is 63.1 Å². The van der Waals surface area contributed by atoms with Crippen molar-refractivity contribution in [2.24, 2.45) is 0 Å². The predicted molar refractivity (Wildman–Crippen MR) is 139 cm³/mol. The van der Waals surface area contributed by atoms with Gasteiger partial charge in [-0.05, 0) is 73.2 Å². The molecule has 184 valence electrons. The van der Waals surface area contributed by atoms with Gasteiger partial charge in [0.1, 0.15) is 18.2 Å². The Morgan fingerprint density at radius 2 is 1.86 bits per heavy atom. The Kier molecular flexibility index (Phi) is 7.12. The number of rotatable bonds is 7. The number of benzene rings is 2. The lowest BCUT2D eigenvalue weighted by atomic mass is 9.97. The third-order valence-electron chi connectivity index (χ3n) is 6.78. The van der Waals surface area contributed by atoms with E-state index >= 15 is 0 Å². The van der Waals surface area contributed by atoms with Gasteiger partial charge in [0.2, 0.25) is 18.2 Å². The van der Waals surface area contributed by atoms with E-state index in [1.807, 2.05) is 54.3 Å². The molecule has 3 amide bonds. The normalized spacial score (nSPS) is 24.9. The maximum absolute atomic E-state index is 13.7. The monoisotopic (exact) mass is 576 g/mol. The smallest absolute Gasteiger partial charge is 0.248 e. The molecule has 2 aromatic rings. The summed E-state index contributed by atoms with van der Waals surface area (Å²) in [6, 6.07) is 12.4. The van der Waals surface area contributed by atoms with Crippen molar-refractivity contribution in [2.45, 2.75) is 55.4 Å². The van der Waals surface area contributed by atoms with Crippen LogP contribution in [0.4, 0.5) is 0 Å². The van der Waals surface area contributed by atoms with Crippen molar-refractivity contribution in [1.82, 2.24) is 19.4 Å². The maximum atomic E-state index is 13.7. The van der Waals surface area contributed by atoms with Crippen LogP contribution in [-0.2, 0) is 20.8 Å². The van der Waals surface area contributed by atoms with Gasteiger partial charge in [0.25, 0.3) is 0 Å². The van der Waals surface area contributed by atoms with E-state index in [1.54, 1.807) is 16.8 Å². The van der Waals surface area contributed by atoms with E-state index in [0.29, 0.717) is 30.9 Å². The van der Waals surface area contributed by atoms with Crippen LogP contribution in [0.15, 0.2) is 51.8 Å². The number of hydrogen-bond acceptors (Lipinski definition) is 5. The standard InChI is InChI=1S/C25H26BrClN4O3S/c1-15-10-18(27)6-9-22(15)35-30-12-20(28-14-32)24(33)31-21(11-16-2-4-17(26)5-3-16)25(34)29(13-23(30)31)19-7-8-19/h2-6,9-10,14,19-21,23H,7-8,11-13H2,1H3,(H,28,32). The molecule has 2 aromatic carbocycles. The van der Waals surface area contributed by atoms with Gasteiger partial charge in [-0.2, -0.15) is 0 Å². The molecule has 0 bridgehead atoms. The topological polar surface area (TPSA) is 73.0 Å². The minimum absolute atomic E-state index is 0.0144. The minimum atomic E-state index is -0.725. The summed E-state index contributed by atoms with van der Waals surface area (Å²) in [4.78, 5) is 43.4. The van der Waals surface area contributed by atoms with Gasteiger partial charge in [-0.15, -0.1) is 0 Å². The lowest BCUT2D eigenvalue weighted by Crippen LogP contribution is -2.74. The summed E-state index contributed by atoms with van der Waals surface area (Å²) in [6.45, 7) is 2.81. The van der Waals surface area contributed by atoms with Crippen LogP contribution in [-0.4, -0.2) is 69.7 Å². The van der Waals surface area contributed by atoms with E-state index in [1.165, 1.54) is 0 Å². The summed E-state index contributed by atoms with van der Waals surface area (Å²) in [5.74, 6) is -0.225. The summed E-state index contributed by atoms with van der Waals surface area (Å²) in [5, 5.41) is 3.35.